The summed E-state index contributed by atoms with van der Waals surface area (Å²) in [5.41, 5.74) is 6.53. The molecule has 0 amide bonds. The largest absolute Gasteiger partial charge is 0.326 e. The minimum absolute atomic E-state index is 0.187. The Morgan fingerprint density at radius 1 is 1.44 bits per heavy atom. The molecule has 0 saturated carbocycles. The van der Waals surface area contributed by atoms with Crippen LogP contribution in [0.15, 0.2) is 23.1 Å². The third-order valence-corrected chi connectivity index (χ3v) is 5.43. The number of nitrogens with two attached hydrogens (primary N) is 1. The summed E-state index contributed by atoms with van der Waals surface area (Å²) in [5.74, 6) is -0.715. The lowest BCUT2D eigenvalue weighted by Gasteiger charge is -2.23. The number of rotatable bonds is 2. The third-order valence-electron chi connectivity index (χ3n) is 3.43. The molecule has 0 spiro atoms. The summed E-state index contributed by atoms with van der Waals surface area (Å²) in [6.45, 7) is 3.83. The summed E-state index contributed by atoms with van der Waals surface area (Å²) in [6.07, 6.45) is 0.605. The molecule has 0 aromatic heterocycles. The second-order valence-corrected chi connectivity index (χ2v) is 6.60. The highest BCUT2D eigenvalue weighted by atomic mass is 32.2. The maximum Gasteiger partial charge on any atom is 0.246 e. The first-order valence-electron chi connectivity index (χ1n) is 5.87. The van der Waals surface area contributed by atoms with Gasteiger partial charge in [-0.3, -0.25) is 0 Å². The molecule has 2 atom stereocenters. The normalized spacial score (nSPS) is 25.6. The lowest BCUT2D eigenvalue weighted by atomic mass is 10.2. The van der Waals surface area contributed by atoms with Crippen LogP contribution in [0.1, 0.15) is 18.9 Å². The number of hydrogen-bond donors (Lipinski definition) is 1. The average molecular weight is 272 g/mol. The van der Waals surface area contributed by atoms with Gasteiger partial charge in [-0.2, -0.15) is 4.31 Å². The van der Waals surface area contributed by atoms with Crippen molar-refractivity contribution in [1.29, 1.82) is 0 Å². The second-order valence-electron chi connectivity index (χ2n) is 4.74. The van der Waals surface area contributed by atoms with Crippen molar-refractivity contribution in [2.75, 3.05) is 6.54 Å². The topological polar surface area (TPSA) is 63.4 Å². The molecule has 4 nitrogen and oxygen atoms in total. The molecule has 1 aliphatic heterocycles. The first-order valence-corrected chi connectivity index (χ1v) is 7.31. The molecule has 1 aliphatic rings. The van der Waals surface area contributed by atoms with E-state index in [1.165, 1.54) is 16.4 Å². The number of benzene rings is 1. The first-order chi connectivity index (χ1) is 8.34. The van der Waals surface area contributed by atoms with Crippen LogP contribution in [0.4, 0.5) is 4.39 Å². The number of aryl methyl sites for hydroxylation is 1. The van der Waals surface area contributed by atoms with E-state index in [0.29, 0.717) is 18.5 Å². The molecule has 2 N–H and O–H groups in total. The maximum atomic E-state index is 13.7. The van der Waals surface area contributed by atoms with Crippen molar-refractivity contribution in [3.63, 3.8) is 0 Å². The monoisotopic (exact) mass is 272 g/mol. The summed E-state index contributed by atoms with van der Waals surface area (Å²) < 4.78 is 39.8. The Kier molecular flexibility index (Phi) is 3.44. The molecular weight excluding hydrogens is 255 g/mol. The Bertz CT molecular complexity index is 559. The fraction of sp³-hybridized carbons (Fsp3) is 0.500. The zero-order chi connectivity index (χ0) is 13.5. The van der Waals surface area contributed by atoms with E-state index in [-0.39, 0.29) is 17.0 Å². The van der Waals surface area contributed by atoms with Crippen LogP contribution in [0.5, 0.6) is 0 Å². The SMILES string of the molecule is Cc1ccc(F)c(S(=O)(=O)N2CCC(N)C2C)c1. The van der Waals surface area contributed by atoms with Gasteiger partial charge in [-0.1, -0.05) is 6.07 Å². The van der Waals surface area contributed by atoms with Gasteiger partial charge in [0.25, 0.3) is 0 Å². The van der Waals surface area contributed by atoms with Crippen molar-refractivity contribution in [3.05, 3.63) is 29.6 Å². The van der Waals surface area contributed by atoms with E-state index >= 15 is 0 Å². The van der Waals surface area contributed by atoms with E-state index in [9.17, 15) is 12.8 Å². The van der Waals surface area contributed by atoms with Gasteiger partial charge >= 0.3 is 0 Å². The number of sulfonamides is 1. The van der Waals surface area contributed by atoms with Gasteiger partial charge in [0, 0.05) is 18.6 Å². The van der Waals surface area contributed by atoms with Crippen LogP contribution in [0.2, 0.25) is 0 Å². The summed E-state index contributed by atoms with van der Waals surface area (Å²) in [5, 5.41) is 0. The number of halogens is 1. The van der Waals surface area contributed by atoms with Gasteiger partial charge in [-0.25, -0.2) is 12.8 Å². The van der Waals surface area contributed by atoms with Crippen LogP contribution >= 0.6 is 0 Å². The third kappa shape index (κ3) is 2.15. The molecule has 18 heavy (non-hydrogen) atoms. The fourth-order valence-electron chi connectivity index (χ4n) is 2.21. The molecule has 2 unspecified atom stereocenters. The second kappa shape index (κ2) is 4.60. The smallest absolute Gasteiger partial charge is 0.246 e. The molecule has 1 aromatic carbocycles. The van der Waals surface area contributed by atoms with E-state index in [1.807, 2.05) is 0 Å². The van der Waals surface area contributed by atoms with Crippen molar-refractivity contribution in [3.8, 4) is 0 Å². The highest BCUT2D eigenvalue weighted by molar-refractivity contribution is 7.89. The van der Waals surface area contributed by atoms with Crippen molar-refractivity contribution >= 4 is 10.0 Å². The Balaban J connectivity index is 2.46. The van der Waals surface area contributed by atoms with E-state index in [1.54, 1.807) is 19.9 Å². The zero-order valence-electron chi connectivity index (χ0n) is 10.4. The maximum absolute atomic E-state index is 13.7. The fourth-order valence-corrected chi connectivity index (χ4v) is 4.05. The molecule has 0 radical (unpaired) electrons. The van der Waals surface area contributed by atoms with Crippen LogP contribution in [-0.4, -0.2) is 31.4 Å². The van der Waals surface area contributed by atoms with Gasteiger partial charge in [-0.05, 0) is 38.0 Å². The molecule has 0 bridgehead atoms. The molecule has 1 aromatic rings. The number of hydrogen-bond acceptors (Lipinski definition) is 3. The minimum atomic E-state index is -3.80. The Morgan fingerprint density at radius 2 is 2.11 bits per heavy atom. The van der Waals surface area contributed by atoms with Crippen molar-refractivity contribution in [2.24, 2.45) is 5.73 Å². The van der Waals surface area contributed by atoms with Crippen LogP contribution in [0.3, 0.4) is 0 Å². The van der Waals surface area contributed by atoms with Gasteiger partial charge in [0.1, 0.15) is 10.7 Å². The number of nitrogens with zero attached hydrogens (tertiary/aromatic N) is 1. The molecular formula is C12H17FN2O2S. The van der Waals surface area contributed by atoms with Crippen LogP contribution in [0, 0.1) is 12.7 Å². The van der Waals surface area contributed by atoms with Crippen molar-refractivity contribution < 1.29 is 12.8 Å². The molecule has 1 saturated heterocycles. The molecule has 0 aliphatic carbocycles. The zero-order valence-corrected chi connectivity index (χ0v) is 11.2. The van der Waals surface area contributed by atoms with E-state index in [4.69, 9.17) is 5.73 Å². The van der Waals surface area contributed by atoms with Gasteiger partial charge in [0.15, 0.2) is 0 Å². The first kappa shape index (κ1) is 13.5. The standard InChI is InChI=1S/C12H17FN2O2S/c1-8-3-4-10(13)12(7-8)18(16,17)15-6-5-11(14)9(15)2/h3-4,7,9,11H,5-6,14H2,1-2H3. The van der Waals surface area contributed by atoms with E-state index < -0.39 is 15.8 Å². The quantitative estimate of drug-likeness (QED) is 0.881. The van der Waals surface area contributed by atoms with Gasteiger partial charge < -0.3 is 5.73 Å². The van der Waals surface area contributed by atoms with Gasteiger partial charge in [0.05, 0.1) is 0 Å². The van der Waals surface area contributed by atoms with E-state index in [0.717, 1.165) is 0 Å². The molecule has 2 rings (SSSR count). The van der Waals surface area contributed by atoms with Crippen molar-refractivity contribution in [2.45, 2.75) is 37.2 Å². The molecule has 6 heteroatoms. The van der Waals surface area contributed by atoms with Crippen molar-refractivity contribution in [1.82, 2.24) is 4.31 Å². The van der Waals surface area contributed by atoms with Gasteiger partial charge in [-0.15, -0.1) is 0 Å². The molecule has 100 valence electrons. The van der Waals surface area contributed by atoms with Crippen LogP contribution in [-0.2, 0) is 10.0 Å². The van der Waals surface area contributed by atoms with Crippen LogP contribution < -0.4 is 5.73 Å². The summed E-state index contributed by atoms with van der Waals surface area (Å²) in [7, 11) is -3.80. The highest BCUT2D eigenvalue weighted by Gasteiger charge is 2.38. The highest BCUT2D eigenvalue weighted by Crippen LogP contribution is 2.27. The predicted molar refractivity (Wildman–Crippen MR) is 67.1 cm³/mol. The minimum Gasteiger partial charge on any atom is -0.326 e. The summed E-state index contributed by atoms with van der Waals surface area (Å²) in [6, 6.07) is 3.61. The lowest BCUT2D eigenvalue weighted by molar-refractivity contribution is 0.390. The average Bonchev–Trinajstić information content (AvgIpc) is 2.63. The van der Waals surface area contributed by atoms with E-state index in [2.05, 4.69) is 0 Å². The Labute approximate surface area is 107 Å². The lowest BCUT2D eigenvalue weighted by Crippen LogP contribution is -2.40. The predicted octanol–water partition coefficient (Wildman–Crippen LogP) is 1.24. The molecule has 1 heterocycles. The summed E-state index contributed by atoms with van der Waals surface area (Å²) in [4.78, 5) is -0.261. The Hall–Kier alpha value is -0.980. The van der Waals surface area contributed by atoms with Crippen LogP contribution in [0.25, 0.3) is 0 Å². The molecule has 1 fully saturated rings. The van der Waals surface area contributed by atoms with Gasteiger partial charge in [0.2, 0.25) is 10.0 Å². The summed E-state index contributed by atoms with van der Waals surface area (Å²) >= 11 is 0. The Morgan fingerprint density at radius 3 is 2.67 bits per heavy atom.